The van der Waals surface area contributed by atoms with E-state index in [4.69, 9.17) is 0 Å². The van der Waals surface area contributed by atoms with Crippen molar-refractivity contribution in [3.8, 4) is 0 Å². The van der Waals surface area contributed by atoms with Crippen molar-refractivity contribution in [2.75, 3.05) is 0 Å². The largest absolute Gasteiger partial charge is 0.428 e. The van der Waals surface area contributed by atoms with Crippen LogP contribution in [0.25, 0.3) is 0 Å². The van der Waals surface area contributed by atoms with Crippen molar-refractivity contribution in [2.24, 2.45) is 0 Å². The minimum absolute atomic E-state index is 0. The second-order valence-corrected chi connectivity index (χ2v) is 2.76. The molecular weight excluding hydrogens is 238 g/mol. The molecule has 1 aromatic carbocycles. The van der Waals surface area contributed by atoms with Crippen LogP contribution in [0.2, 0.25) is 0 Å². The van der Waals surface area contributed by atoms with Gasteiger partial charge in [-0.3, -0.25) is 10.1 Å². The van der Waals surface area contributed by atoms with Crippen LogP contribution in [0.1, 0.15) is 22.2 Å². The molecule has 1 heterocycles. The predicted molar refractivity (Wildman–Crippen MR) is 43.5 cm³/mol. The first-order valence-electron chi connectivity index (χ1n) is 3.77. The number of benzene rings is 1. The van der Waals surface area contributed by atoms with Crippen molar-refractivity contribution in [3.05, 3.63) is 39.4 Å². The zero-order valence-electron chi connectivity index (χ0n) is 7.34. The Labute approximate surface area is 98.9 Å². The van der Waals surface area contributed by atoms with Crippen LogP contribution in [0.5, 0.6) is 0 Å². The third kappa shape index (κ3) is 1.79. The molecule has 6 nitrogen and oxygen atoms in total. The summed E-state index contributed by atoms with van der Waals surface area (Å²) in [5, 5.41) is 19.7. The maximum Gasteiger partial charge on any atom is 0.348 e. The Morgan fingerprint density at radius 3 is 2.73 bits per heavy atom. The second-order valence-electron chi connectivity index (χ2n) is 2.76. The van der Waals surface area contributed by atoms with Gasteiger partial charge in [-0.1, -0.05) is 12.1 Å². The number of rotatable bonds is 1. The van der Waals surface area contributed by atoms with Crippen LogP contribution in [-0.4, -0.2) is 16.0 Å². The molecule has 0 spiro atoms. The molecule has 0 amide bonds. The molecule has 15 heavy (non-hydrogen) atoms. The predicted octanol–water partition coefficient (Wildman–Crippen LogP) is 0.754. The van der Waals surface area contributed by atoms with Gasteiger partial charge in [-0.25, -0.2) is 4.79 Å². The van der Waals surface area contributed by atoms with E-state index in [9.17, 15) is 20.0 Å². The van der Waals surface area contributed by atoms with Gasteiger partial charge in [-0.15, -0.1) is 0 Å². The van der Waals surface area contributed by atoms with E-state index in [0.29, 0.717) is 0 Å². The first-order valence-corrected chi connectivity index (χ1v) is 3.77. The standard InChI is InChI=1S/C8H5NO5.Ti/c10-7-4-2-1-3-5(9(12)13)6(4)8(11)14-7;/h1-3,7,10H;. The first kappa shape index (κ1) is 11.8. The Balaban J connectivity index is 0.00000112. The molecule has 1 N–H and O–H groups in total. The minimum atomic E-state index is -1.39. The smallest absolute Gasteiger partial charge is 0.348 e. The van der Waals surface area contributed by atoms with E-state index in [1.54, 1.807) is 0 Å². The van der Waals surface area contributed by atoms with Crippen molar-refractivity contribution < 1.29 is 41.3 Å². The molecule has 0 aliphatic carbocycles. The Morgan fingerprint density at radius 1 is 1.47 bits per heavy atom. The van der Waals surface area contributed by atoms with Gasteiger partial charge < -0.3 is 9.84 Å². The number of ether oxygens (including phenoxy) is 1. The van der Waals surface area contributed by atoms with E-state index in [1.807, 2.05) is 0 Å². The van der Waals surface area contributed by atoms with E-state index in [2.05, 4.69) is 4.74 Å². The maximum atomic E-state index is 11.1. The van der Waals surface area contributed by atoms with Gasteiger partial charge in [0, 0.05) is 33.3 Å². The molecule has 1 aliphatic rings. The molecule has 0 fully saturated rings. The molecule has 0 saturated heterocycles. The summed E-state index contributed by atoms with van der Waals surface area (Å²) in [6.07, 6.45) is -1.39. The molecule has 1 aromatic rings. The third-order valence-corrected chi connectivity index (χ3v) is 1.96. The number of nitro groups is 1. The van der Waals surface area contributed by atoms with Crippen LogP contribution in [0.3, 0.4) is 0 Å². The summed E-state index contributed by atoms with van der Waals surface area (Å²) < 4.78 is 4.43. The third-order valence-electron chi connectivity index (χ3n) is 1.96. The van der Waals surface area contributed by atoms with Gasteiger partial charge >= 0.3 is 5.97 Å². The number of aliphatic hydroxyl groups is 1. The summed E-state index contributed by atoms with van der Waals surface area (Å²) in [7, 11) is 0. The van der Waals surface area contributed by atoms with Crippen LogP contribution in [0.4, 0.5) is 5.69 Å². The molecule has 1 atom stereocenters. The molecule has 7 heteroatoms. The fourth-order valence-electron chi connectivity index (χ4n) is 1.36. The number of esters is 1. The first-order chi connectivity index (χ1) is 6.61. The normalized spacial score (nSPS) is 17.7. The summed E-state index contributed by atoms with van der Waals surface area (Å²) >= 11 is 0. The summed E-state index contributed by atoms with van der Waals surface area (Å²) in [5.74, 6) is -0.861. The van der Waals surface area contributed by atoms with Gasteiger partial charge in [-0.05, 0) is 0 Å². The summed E-state index contributed by atoms with van der Waals surface area (Å²) in [6, 6.07) is 4.00. The molecule has 0 aromatic heterocycles. The average molecular weight is 243 g/mol. The van der Waals surface area contributed by atoms with Gasteiger partial charge in [-0.2, -0.15) is 0 Å². The fraction of sp³-hybridized carbons (Fsp3) is 0.125. The van der Waals surface area contributed by atoms with E-state index >= 15 is 0 Å². The second kappa shape index (κ2) is 4.10. The molecule has 0 saturated carbocycles. The topological polar surface area (TPSA) is 89.7 Å². The van der Waals surface area contributed by atoms with E-state index in [0.717, 1.165) is 0 Å². The van der Waals surface area contributed by atoms with Gasteiger partial charge in [0.2, 0.25) is 6.29 Å². The van der Waals surface area contributed by atoms with Crippen molar-refractivity contribution in [1.29, 1.82) is 0 Å². The number of fused-ring (bicyclic) bond motifs is 1. The minimum Gasteiger partial charge on any atom is -0.428 e. The van der Waals surface area contributed by atoms with Gasteiger partial charge in [0.05, 0.1) is 4.92 Å². The number of nitrogens with zero attached hydrogens (tertiary/aromatic N) is 1. The van der Waals surface area contributed by atoms with E-state index in [1.165, 1.54) is 18.2 Å². The number of carbonyl (C=O) groups excluding carboxylic acids is 1. The number of hydrogen-bond acceptors (Lipinski definition) is 5. The number of carbonyl (C=O) groups is 1. The fourth-order valence-corrected chi connectivity index (χ4v) is 1.36. The van der Waals surface area contributed by atoms with Crippen molar-refractivity contribution in [1.82, 2.24) is 0 Å². The van der Waals surface area contributed by atoms with Crippen LogP contribution in [0.15, 0.2) is 18.2 Å². The van der Waals surface area contributed by atoms with Crippen molar-refractivity contribution >= 4 is 11.7 Å². The van der Waals surface area contributed by atoms with E-state index < -0.39 is 17.2 Å². The van der Waals surface area contributed by atoms with Gasteiger partial charge in [0.1, 0.15) is 5.56 Å². The van der Waals surface area contributed by atoms with E-state index in [-0.39, 0.29) is 38.5 Å². The maximum absolute atomic E-state index is 11.1. The molecule has 1 aliphatic heterocycles. The molecule has 2 rings (SSSR count). The summed E-state index contributed by atoms with van der Waals surface area (Å²) in [4.78, 5) is 21.0. The average Bonchev–Trinajstić information content (AvgIpc) is 2.43. The molecule has 0 radical (unpaired) electrons. The Bertz CT molecular complexity index is 433. The number of aliphatic hydroxyl groups excluding tert-OH is 1. The zero-order chi connectivity index (χ0) is 10.3. The number of hydrogen-bond donors (Lipinski definition) is 1. The zero-order valence-corrected chi connectivity index (χ0v) is 8.90. The Kier molecular flexibility index (Phi) is 3.23. The number of nitro benzene ring substituents is 1. The molecular formula is C8H5NO5Ti. The molecule has 1 unspecified atom stereocenters. The van der Waals surface area contributed by atoms with Crippen LogP contribution < -0.4 is 0 Å². The van der Waals surface area contributed by atoms with Crippen molar-refractivity contribution in [3.63, 3.8) is 0 Å². The Hall–Kier alpha value is -1.24. The van der Waals surface area contributed by atoms with Crippen molar-refractivity contribution in [2.45, 2.75) is 6.29 Å². The van der Waals surface area contributed by atoms with Gasteiger partial charge in [0.15, 0.2) is 0 Å². The monoisotopic (exact) mass is 243 g/mol. The molecule has 0 bridgehead atoms. The number of cyclic esters (lactones) is 1. The summed E-state index contributed by atoms with van der Waals surface area (Å²) in [6.45, 7) is 0. The SMILES string of the molecule is O=C1OC(O)c2cccc([N+](=O)[O-])c21.[Ti]. The van der Waals surface area contributed by atoms with Crippen LogP contribution in [0, 0.1) is 10.1 Å². The van der Waals surface area contributed by atoms with Crippen LogP contribution in [-0.2, 0) is 26.5 Å². The summed E-state index contributed by atoms with van der Waals surface area (Å²) in [5.41, 5.74) is -0.363. The Morgan fingerprint density at radius 2 is 2.13 bits per heavy atom. The quantitative estimate of drug-likeness (QED) is 0.340. The van der Waals surface area contributed by atoms with Gasteiger partial charge in [0.25, 0.3) is 5.69 Å². The molecule has 76 valence electrons. The van der Waals surface area contributed by atoms with Crippen LogP contribution >= 0.6 is 0 Å².